The Balaban J connectivity index is 1.71. The third kappa shape index (κ3) is 3.94. The zero-order valence-corrected chi connectivity index (χ0v) is 14.7. The van der Waals surface area contributed by atoms with E-state index in [0.717, 1.165) is 17.0 Å². The molecule has 0 spiro atoms. The molecule has 3 aromatic rings. The van der Waals surface area contributed by atoms with Crippen LogP contribution in [-0.2, 0) is 11.3 Å². The lowest BCUT2D eigenvalue weighted by Crippen LogP contribution is -2.15. The van der Waals surface area contributed by atoms with Crippen molar-refractivity contribution in [1.82, 2.24) is 25.0 Å². The number of carbonyl (C=O) groups excluding carboxylic acids is 1. The average Bonchev–Trinajstić information content (AvgIpc) is 3.18. The molecular formula is C16H18N6O2S. The lowest BCUT2D eigenvalue weighted by molar-refractivity contribution is -0.116. The summed E-state index contributed by atoms with van der Waals surface area (Å²) in [6.45, 7) is 2.28. The molecule has 9 heteroatoms. The maximum absolute atomic E-state index is 12.1. The summed E-state index contributed by atoms with van der Waals surface area (Å²) in [7, 11) is 1.62. The van der Waals surface area contributed by atoms with Gasteiger partial charge < -0.3 is 10.1 Å². The number of rotatable bonds is 6. The number of nitrogens with zero attached hydrogens (tertiary/aromatic N) is 3. The Hall–Kier alpha value is -2.94. The highest BCUT2D eigenvalue weighted by molar-refractivity contribution is 7.71. The normalized spacial score (nSPS) is 10.6. The summed E-state index contributed by atoms with van der Waals surface area (Å²) < 4.78 is 7.43. The first-order valence-electron chi connectivity index (χ1n) is 7.68. The number of carbonyl (C=O) groups is 1. The number of aromatic amines is 2. The van der Waals surface area contributed by atoms with E-state index < -0.39 is 0 Å². The highest BCUT2D eigenvalue weighted by atomic mass is 32.1. The average molecular weight is 358 g/mol. The quantitative estimate of drug-likeness (QED) is 0.588. The van der Waals surface area contributed by atoms with E-state index in [-0.39, 0.29) is 12.3 Å². The van der Waals surface area contributed by atoms with Crippen molar-refractivity contribution in [3.8, 4) is 17.1 Å². The van der Waals surface area contributed by atoms with Gasteiger partial charge in [-0.15, -0.1) is 0 Å². The molecule has 25 heavy (non-hydrogen) atoms. The SMILES string of the molecule is COc1ccc(-c2n[nH]c(=S)n2CCC(=O)Nc2cc(C)[nH]n2)cc1. The van der Waals surface area contributed by atoms with Crippen molar-refractivity contribution >= 4 is 23.9 Å². The van der Waals surface area contributed by atoms with E-state index in [4.69, 9.17) is 17.0 Å². The number of hydrogen-bond acceptors (Lipinski definition) is 5. The third-order valence-corrected chi connectivity index (χ3v) is 3.95. The van der Waals surface area contributed by atoms with Crippen molar-refractivity contribution in [3.05, 3.63) is 40.8 Å². The first-order chi connectivity index (χ1) is 12.1. The van der Waals surface area contributed by atoms with Gasteiger partial charge in [-0.1, -0.05) is 0 Å². The highest BCUT2D eigenvalue weighted by Gasteiger charge is 2.11. The standard InChI is InChI=1S/C16H18N6O2S/c1-10-9-13(19-18-10)17-14(23)7-8-22-15(20-21-16(22)25)11-3-5-12(24-2)6-4-11/h3-6,9H,7-8H2,1-2H3,(H,21,25)(H2,17,18,19,23). The van der Waals surface area contributed by atoms with Crippen LogP contribution >= 0.6 is 12.2 Å². The monoisotopic (exact) mass is 358 g/mol. The van der Waals surface area contributed by atoms with E-state index in [1.807, 2.05) is 31.2 Å². The van der Waals surface area contributed by atoms with Crippen molar-refractivity contribution in [2.45, 2.75) is 19.9 Å². The molecule has 3 N–H and O–H groups in total. The number of methoxy groups -OCH3 is 1. The number of H-pyrrole nitrogens is 2. The largest absolute Gasteiger partial charge is 0.497 e. The number of benzene rings is 1. The number of amides is 1. The van der Waals surface area contributed by atoms with Crippen LogP contribution in [0.1, 0.15) is 12.1 Å². The topological polar surface area (TPSA) is 101 Å². The molecule has 0 fully saturated rings. The maximum Gasteiger partial charge on any atom is 0.227 e. The van der Waals surface area contributed by atoms with Crippen LogP contribution in [-0.4, -0.2) is 38.0 Å². The van der Waals surface area contributed by atoms with Gasteiger partial charge in [0.15, 0.2) is 16.4 Å². The van der Waals surface area contributed by atoms with Gasteiger partial charge in [0.2, 0.25) is 5.91 Å². The van der Waals surface area contributed by atoms with E-state index in [9.17, 15) is 4.79 Å². The van der Waals surface area contributed by atoms with Gasteiger partial charge in [0.05, 0.1) is 7.11 Å². The lowest BCUT2D eigenvalue weighted by Gasteiger charge is -2.07. The molecule has 0 saturated heterocycles. The number of aryl methyl sites for hydroxylation is 1. The minimum Gasteiger partial charge on any atom is -0.497 e. The Morgan fingerprint density at radius 3 is 2.68 bits per heavy atom. The van der Waals surface area contributed by atoms with Crippen molar-refractivity contribution < 1.29 is 9.53 Å². The number of anilines is 1. The van der Waals surface area contributed by atoms with E-state index in [2.05, 4.69) is 25.7 Å². The summed E-state index contributed by atoms with van der Waals surface area (Å²) in [4.78, 5) is 12.1. The summed E-state index contributed by atoms with van der Waals surface area (Å²) in [6.07, 6.45) is 0.253. The van der Waals surface area contributed by atoms with Gasteiger partial charge in [-0.3, -0.25) is 19.6 Å². The number of aromatic nitrogens is 5. The molecule has 0 radical (unpaired) electrons. The van der Waals surface area contributed by atoms with Gasteiger partial charge in [0.1, 0.15) is 5.75 Å². The first kappa shape index (κ1) is 16.9. The fourth-order valence-electron chi connectivity index (χ4n) is 2.39. The van der Waals surface area contributed by atoms with Crippen LogP contribution in [0.25, 0.3) is 11.4 Å². The number of hydrogen-bond donors (Lipinski definition) is 3. The Bertz CT molecular complexity index is 925. The van der Waals surface area contributed by atoms with Crippen LogP contribution in [0.15, 0.2) is 30.3 Å². The van der Waals surface area contributed by atoms with Crippen LogP contribution in [0.5, 0.6) is 5.75 Å². The Morgan fingerprint density at radius 2 is 2.04 bits per heavy atom. The molecule has 0 saturated carbocycles. The lowest BCUT2D eigenvalue weighted by atomic mass is 10.2. The second-order valence-electron chi connectivity index (χ2n) is 5.47. The smallest absolute Gasteiger partial charge is 0.227 e. The van der Waals surface area contributed by atoms with Crippen molar-refractivity contribution in [2.24, 2.45) is 0 Å². The number of ether oxygens (including phenoxy) is 1. The van der Waals surface area contributed by atoms with E-state index in [0.29, 0.717) is 23.0 Å². The molecule has 130 valence electrons. The Labute approximate surface area is 149 Å². The molecule has 0 atom stereocenters. The van der Waals surface area contributed by atoms with Gasteiger partial charge in [-0.25, -0.2) is 0 Å². The Morgan fingerprint density at radius 1 is 1.28 bits per heavy atom. The Kier molecular flexibility index (Phi) is 4.94. The van der Waals surface area contributed by atoms with Gasteiger partial charge >= 0.3 is 0 Å². The van der Waals surface area contributed by atoms with Crippen molar-refractivity contribution in [1.29, 1.82) is 0 Å². The van der Waals surface area contributed by atoms with E-state index in [1.165, 1.54) is 0 Å². The van der Waals surface area contributed by atoms with Crippen LogP contribution in [0, 0.1) is 11.7 Å². The third-order valence-electron chi connectivity index (χ3n) is 3.64. The van der Waals surface area contributed by atoms with E-state index >= 15 is 0 Å². The van der Waals surface area contributed by atoms with Crippen LogP contribution in [0.4, 0.5) is 5.82 Å². The maximum atomic E-state index is 12.1. The predicted molar refractivity (Wildman–Crippen MR) is 96.0 cm³/mol. The van der Waals surface area contributed by atoms with Crippen LogP contribution < -0.4 is 10.1 Å². The van der Waals surface area contributed by atoms with Gasteiger partial charge in [0.25, 0.3) is 0 Å². The molecule has 8 nitrogen and oxygen atoms in total. The molecule has 0 bridgehead atoms. The highest BCUT2D eigenvalue weighted by Crippen LogP contribution is 2.21. The summed E-state index contributed by atoms with van der Waals surface area (Å²) in [6, 6.07) is 9.26. The zero-order chi connectivity index (χ0) is 17.8. The minimum absolute atomic E-state index is 0.143. The summed E-state index contributed by atoms with van der Waals surface area (Å²) >= 11 is 5.28. The first-order valence-corrected chi connectivity index (χ1v) is 8.09. The van der Waals surface area contributed by atoms with Crippen LogP contribution in [0.2, 0.25) is 0 Å². The fraction of sp³-hybridized carbons (Fsp3) is 0.250. The molecule has 3 rings (SSSR count). The fourth-order valence-corrected chi connectivity index (χ4v) is 2.61. The van der Waals surface area contributed by atoms with Crippen LogP contribution in [0.3, 0.4) is 0 Å². The predicted octanol–water partition coefficient (Wildman–Crippen LogP) is 2.68. The molecule has 0 aliphatic rings. The second kappa shape index (κ2) is 7.31. The number of nitrogens with one attached hydrogen (secondary N) is 3. The van der Waals surface area contributed by atoms with Crippen molar-refractivity contribution in [2.75, 3.05) is 12.4 Å². The molecule has 1 aromatic carbocycles. The summed E-state index contributed by atoms with van der Waals surface area (Å²) in [5.74, 6) is 1.80. The van der Waals surface area contributed by atoms with Gasteiger partial charge in [-0.2, -0.15) is 10.2 Å². The molecular weight excluding hydrogens is 340 g/mol. The molecule has 2 aromatic heterocycles. The van der Waals surface area contributed by atoms with Gasteiger partial charge in [0, 0.05) is 30.3 Å². The van der Waals surface area contributed by atoms with Crippen molar-refractivity contribution in [3.63, 3.8) is 0 Å². The molecule has 0 aliphatic carbocycles. The van der Waals surface area contributed by atoms with Gasteiger partial charge in [-0.05, 0) is 43.4 Å². The second-order valence-corrected chi connectivity index (χ2v) is 5.85. The molecule has 0 unspecified atom stereocenters. The summed E-state index contributed by atoms with van der Waals surface area (Å²) in [5.41, 5.74) is 1.77. The molecule has 0 aliphatic heterocycles. The summed E-state index contributed by atoms with van der Waals surface area (Å²) in [5, 5.41) is 16.5. The minimum atomic E-state index is -0.143. The zero-order valence-electron chi connectivity index (χ0n) is 13.9. The van der Waals surface area contributed by atoms with E-state index in [1.54, 1.807) is 17.7 Å². The molecule has 2 heterocycles. The molecule has 1 amide bonds.